The van der Waals surface area contributed by atoms with Gasteiger partial charge in [-0.15, -0.1) is 0 Å². The third-order valence-electron chi connectivity index (χ3n) is 9.11. The lowest BCUT2D eigenvalue weighted by Gasteiger charge is -2.47. The summed E-state index contributed by atoms with van der Waals surface area (Å²) in [6.07, 6.45) is -4.05. The predicted octanol–water partition coefficient (Wildman–Crippen LogP) is 7.82. The Hall–Kier alpha value is -4.22. The number of rotatable bonds is 16. The van der Waals surface area contributed by atoms with Crippen LogP contribution >= 0.6 is 0 Å². The number of ether oxygens (including phenoxy) is 8. The zero-order valence-corrected chi connectivity index (χ0v) is 29.2. The molecule has 5 atom stereocenters. The van der Waals surface area contributed by atoms with Gasteiger partial charge in [0.15, 0.2) is 12.6 Å². The first-order valence-electron chi connectivity index (χ1n) is 18.0. The van der Waals surface area contributed by atoms with Gasteiger partial charge in [0.1, 0.15) is 30.5 Å². The SMILES string of the molecule is c1ccc(COCC2O[C@@H](OC3COC(c4ccccc4)OC3)C(OCc3ccccc3)[C@@H](OCc3ccccc3)[C@H]2OCc2ccccc2)cc1. The van der Waals surface area contributed by atoms with E-state index in [1.807, 2.05) is 152 Å². The van der Waals surface area contributed by atoms with Crippen LogP contribution in [0, 0.1) is 0 Å². The van der Waals surface area contributed by atoms with Crippen LogP contribution in [0.15, 0.2) is 152 Å². The van der Waals surface area contributed by atoms with E-state index in [1.54, 1.807) is 0 Å². The summed E-state index contributed by atoms with van der Waals surface area (Å²) < 4.78 is 52.5. The Balaban J connectivity index is 1.16. The summed E-state index contributed by atoms with van der Waals surface area (Å²) in [6.45, 7) is 2.35. The summed E-state index contributed by atoms with van der Waals surface area (Å²) in [5.74, 6) is 0. The van der Waals surface area contributed by atoms with Crippen molar-refractivity contribution >= 4 is 0 Å². The van der Waals surface area contributed by atoms with Crippen molar-refractivity contribution in [3.63, 3.8) is 0 Å². The molecule has 5 aromatic carbocycles. The van der Waals surface area contributed by atoms with Gasteiger partial charge in [-0.3, -0.25) is 0 Å². The van der Waals surface area contributed by atoms with Crippen LogP contribution in [0.25, 0.3) is 0 Å². The van der Waals surface area contributed by atoms with Crippen LogP contribution in [0.4, 0.5) is 0 Å². The number of hydrogen-bond acceptors (Lipinski definition) is 8. The van der Waals surface area contributed by atoms with E-state index in [4.69, 9.17) is 37.9 Å². The van der Waals surface area contributed by atoms with Crippen LogP contribution in [0.2, 0.25) is 0 Å². The van der Waals surface area contributed by atoms with E-state index in [-0.39, 0.29) is 6.61 Å². The molecule has 0 spiro atoms. The largest absolute Gasteiger partial charge is 0.374 e. The minimum absolute atomic E-state index is 0.249. The van der Waals surface area contributed by atoms with E-state index in [2.05, 4.69) is 0 Å². The van der Waals surface area contributed by atoms with E-state index >= 15 is 0 Å². The predicted molar refractivity (Wildman–Crippen MR) is 196 cm³/mol. The summed E-state index contributed by atoms with van der Waals surface area (Å²) in [5, 5.41) is 0. The molecule has 2 aliphatic rings. The molecular weight excluding hydrogens is 656 g/mol. The summed E-state index contributed by atoms with van der Waals surface area (Å²) in [7, 11) is 0. The van der Waals surface area contributed by atoms with Crippen molar-refractivity contribution in [3.05, 3.63) is 179 Å². The van der Waals surface area contributed by atoms with Gasteiger partial charge in [-0.1, -0.05) is 152 Å². The van der Waals surface area contributed by atoms with Gasteiger partial charge in [0, 0.05) is 5.56 Å². The van der Waals surface area contributed by atoms with E-state index in [0.717, 1.165) is 27.8 Å². The fourth-order valence-corrected chi connectivity index (χ4v) is 6.41. The number of hydrogen-bond donors (Lipinski definition) is 0. The van der Waals surface area contributed by atoms with Gasteiger partial charge in [0.25, 0.3) is 0 Å². The quantitative estimate of drug-likeness (QED) is 0.103. The van der Waals surface area contributed by atoms with Crippen molar-refractivity contribution in [2.75, 3.05) is 19.8 Å². The summed E-state index contributed by atoms with van der Waals surface area (Å²) in [4.78, 5) is 0. The Morgan fingerprint density at radius 2 is 0.885 bits per heavy atom. The Labute approximate surface area is 306 Å². The van der Waals surface area contributed by atoms with Crippen molar-refractivity contribution in [2.45, 2.75) is 69.5 Å². The zero-order chi connectivity index (χ0) is 35.2. The third-order valence-corrected chi connectivity index (χ3v) is 9.11. The summed E-state index contributed by atoms with van der Waals surface area (Å²) in [5.41, 5.74) is 5.12. The molecule has 8 heteroatoms. The molecule has 7 rings (SSSR count). The fraction of sp³-hybridized carbons (Fsp3) is 0.318. The standard InChI is InChI=1S/C44H46O8/c1-6-16-33(17-7-1)26-45-32-39-40(46-27-34-18-8-2-9-19-34)41(47-28-35-20-10-3-11-21-35)42(48-29-36-22-12-4-13-23-36)44(52-39)51-38-30-49-43(50-31-38)37-24-14-5-15-25-37/h1-25,38-44H,26-32H2/t38?,39?,40-,41-,42?,43?,44+/m0/s1. The first-order valence-corrected chi connectivity index (χ1v) is 18.0. The molecule has 0 radical (unpaired) electrons. The minimum atomic E-state index is -0.836. The van der Waals surface area contributed by atoms with Crippen LogP contribution < -0.4 is 0 Å². The van der Waals surface area contributed by atoms with Gasteiger partial charge in [-0.05, 0) is 22.3 Å². The lowest BCUT2D eigenvalue weighted by Crippen LogP contribution is -2.62. The Kier molecular flexibility index (Phi) is 13.2. The monoisotopic (exact) mass is 702 g/mol. The highest BCUT2D eigenvalue weighted by Crippen LogP contribution is 2.33. The molecule has 2 aliphatic heterocycles. The highest BCUT2D eigenvalue weighted by Gasteiger charge is 2.50. The van der Waals surface area contributed by atoms with Gasteiger partial charge in [0.05, 0.1) is 46.2 Å². The molecule has 0 bridgehead atoms. The van der Waals surface area contributed by atoms with E-state index in [9.17, 15) is 0 Å². The molecule has 52 heavy (non-hydrogen) atoms. The smallest absolute Gasteiger partial charge is 0.187 e. The Morgan fingerprint density at radius 1 is 0.462 bits per heavy atom. The Morgan fingerprint density at radius 3 is 1.38 bits per heavy atom. The van der Waals surface area contributed by atoms with Crippen LogP contribution in [0.1, 0.15) is 34.1 Å². The first kappa shape index (κ1) is 36.2. The molecule has 2 heterocycles. The lowest BCUT2D eigenvalue weighted by molar-refractivity contribution is -0.350. The van der Waals surface area contributed by atoms with Gasteiger partial charge >= 0.3 is 0 Å². The normalized spacial score (nSPS) is 24.7. The van der Waals surface area contributed by atoms with Crippen LogP contribution in [0.5, 0.6) is 0 Å². The second kappa shape index (κ2) is 19.0. The fourth-order valence-electron chi connectivity index (χ4n) is 6.41. The second-order valence-electron chi connectivity index (χ2n) is 13.0. The molecular formula is C44H46O8. The topological polar surface area (TPSA) is 73.8 Å². The Bertz CT molecular complexity index is 1700. The molecule has 2 unspecified atom stereocenters. The zero-order valence-electron chi connectivity index (χ0n) is 29.2. The molecule has 5 aromatic rings. The average molecular weight is 703 g/mol. The van der Waals surface area contributed by atoms with Crippen molar-refractivity contribution in [2.24, 2.45) is 0 Å². The first-order chi connectivity index (χ1) is 25.8. The molecule has 270 valence electrons. The maximum absolute atomic E-state index is 6.83. The molecule has 0 amide bonds. The molecule has 8 nitrogen and oxygen atoms in total. The van der Waals surface area contributed by atoms with Crippen molar-refractivity contribution in [3.8, 4) is 0 Å². The lowest BCUT2D eigenvalue weighted by atomic mass is 9.97. The summed E-state index contributed by atoms with van der Waals surface area (Å²) in [6, 6.07) is 50.3. The van der Waals surface area contributed by atoms with Gasteiger partial charge in [0.2, 0.25) is 0 Å². The third kappa shape index (κ3) is 10.2. The molecule has 0 aromatic heterocycles. The highest BCUT2D eigenvalue weighted by atomic mass is 16.8. The van der Waals surface area contributed by atoms with Crippen LogP contribution in [-0.2, 0) is 64.3 Å². The van der Waals surface area contributed by atoms with Crippen LogP contribution in [0.3, 0.4) is 0 Å². The van der Waals surface area contributed by atoms with E-state index in [0.29, 0.717) is 39.6 Å². The molecule has 0 saturated carbocycles. The van der Waals surface area contributed by atoms with Gasteiger partial charge < -0.3 is 37.9 Å². The molecule has 2 saturated heterocycles. The maximum atomic E-state index is 6.83. The molecule has 0 aliphatic carbocycles. The van der Waals surface area contributed by atoms with Crippen molar-refractivity contribution < 1.29 is 37.9 Å². The average Bonchev–Trinajstić information content (AvgIpc) is 3.21. The molecule has 0 N–H and O–H groups in total. The van der Waals surface area contributed by atoms with E-state index in [1.165, 1.54) is 0 Å². The van der Waals surface area contributed by atoms with Gasteiger partial charge in [-0.25, -0.2) is 0 Å². The maximum Gasteiger partial charge on any atom is 0.187 e. The van der Waals surface area contributed by atoms with Crippen LogP contribution in [-0.4, -0.2) is 56.6 Å². The van der Waals surface area contributed by atoms with Gasteiger partial charge in [-0.2, -0.15) is 0 Å². The molecule has 2 fully saturated rings. The second-order valence-corrected chi connectivity index (χ2v) is 13.0. The van der Waals surface area contributed by atoms with Crippen molar-refractivity contribution in [1.29, 1.82) is 0 Å². The number of benzene rings is 5. The van der Waals surface area contributed by atoms with E-state index < -0.39 is 43.1 Å². The van der Waals surface area contributed by atoms with Crippen molar-refractivity contribution in [1.82, 2.24) is 0 Å². The highest BCUT2D eigenvalue weighted by molar-refractivity contribution is 5.18. The minimum Gasteiger partial charge on any atom is -0.374 e. The summed E-state index contributed by atoms with van der Waals surface area (Å²) >= 11 is 0.